The number of halogens is 1. The van der Waals surface area contributed by atoms with Crippen LogP contribution in [0.1, 0.15) is 11.1 Å². The first kappa shape index (κ1) is 17.5. The molecule has 0 aliphatic carbocycles. The van der Waals surface area contributed by atoms with Gasteiger partial charge in [-0.25, -0.2) is 0 Å². The molecule has 26 heavy (non-hydrogen) atoms. The molecule has 0 atom stereocenters. The van der Waals surface area contributed by atoms with Crippen molar-refractivity contribution >= 4 is 23.6 Å². The first-order chi connectivity index (χ1) is 12.6. The summed E-state index contributed by atoms with van der Waals surface area (Å²) in [7, 11) is 0. The summed E-state index contributed by atoms with van der Waals surface area (Å²) in [5.74, 6) is -0.773. The fourth-order valence-electron chi connectivity index (χ4n) is 2.56. The zero-order valence-electron chi connectivity index (χ0n) is 13.8. The van der Waals surface area contributed by atoms with Crippen LogP contribution in [-0.2, 0) is 11.3 Å². The Kier molecular flexibility index (Phi) is 5.16. The van der Waals surface area contributed by atoms with Crippen molar-refractivity contribution in [1.29, 1.82) is 5.26 Å². The normalized spacial score (nSPS) is 11.2. The number of hydrogen-bond donors (Lipinski definition) is 1. The van der Waals surface area contributed by atoms with Crippen molar-refractivity contribution in [2.45, 2.75) is 6.54 Å². The molecule has 0 spiro atoms. The van der Waals surface area contributed by atoms with Crippen LogP contribution in [0.25, 0.3) is 17.3 Å². The van der Waals surface area contributed by atoms with Gasteiger partial charge < -0.3 is 5.73 Å². The van der Waals surface area contributed by atoms with E-state index in [0.29, 0.717) is 22.8 Å². The van der Waals surface area contributed by atoms with Crippen molar-refractivity contribution in [2.24, 2.45) is 5.73 Å². The van der Waals surface area contributed by atoms with Gasteiger partial charge in [0.1, 0.15) is 11.6 Å². The van der Waals surface area contributed by atoms with E-state index in [2.05, 4.69) is 5.10 Å². The van der Waals surface area contributed by atoms with E-state index in [0.717, 1.165) is 11.1 Å². The smallest absolute Gasteiger partial charge is 0.259 e. The zero-order valence-corrected chi connectivity index (χ0v) is 14.5. The van der Waals surface area contributed by atoms with Gasteiger partial charge in [-0.3, -0.25) is 9.48 Å². The lowest BCUT2D eigenvalue weighted by molar-refractivity contribution is -0.114. The van der Waals surface area contributed by atoms with Crippen LogP contribution in [0.2, 0.25) is 5.02 Å². The Morgan fingerprint density at radius 1 is 1.19 bits per heavy atom. The molecule has 0 aliphatic rings. The van der Waals surface area contributed by atoms with E-state index in [9.17, 15) is 4.79 Å². The van der Waals surface area contributed by atoms with Gasteiger partial charge in [0.25, 0.3) is 5.91 Å². The fraction of sp³-hybridized carbons (Fsp3) is 0.0500. The summed E-state index contributed by atoms with van der Waals surface area (Å²) in [4.78, 5) is 11.4. The molecular weight excluding hydrogens is 348 g/mol. The number of carbonyl (C=O) groups excluding carboxylic acids is 1. The van der Waals surface area contributed by atoms with E-state index in [1.807, 2.05) is 60.7 Å². The van der Waals surface area contributed by atoms with E-state index >= 15 is 0 Å². The van der Waals surface area contributed by atoms with Crippen LogP contribution < -0.4 is 5.73 Å². The number of benzene rings is 2. The number of nitriles is 1. The molecule has 2 N–H and O–H groups in total. The molecule has 2 aromatic carbocycles. The third-order valence-corrected chi connectivity index (χ3v) is 4.18. The third kappa shape index (κ3) is 3.82. The molecule has 0 radical (unpaired) electrons. The number of rotatable bonds is 5. The summed E-state index contributed by atoms with van der Waals surface area (Å²) in [5.41, 5.74) is 8.22. The van der Waals surface area contributed by atoms with Gasteiger partial charge in [-0.15, -0.1) is 0 Å². The molecule has 5 nitrogen and oxygen atoms in total. The number of primary amides is 1. The van der Waals surface area contributed by atoms with E-state index in [-0.39, 0.29) is 5.57 Å². The maximum Gasteiger partial charge on any atom is 0.259 e. The molecule has 0 unspecified atom stereocenters. The van der Waals surface area contributed by atoms with Crippen LogP contribution in [0.5, 0.6) is 0 Å². The molecule has 0 fully saturated rings. The first-order valence-electron chi connectivity index (χ1n) is 7.86. The quantitative estimate of drug-likeness (QED) is 0.555. The fourth-order valence-corrected chi connectivity index (χ4v) is 2.75. The van der Waals surface area contributed by atoms with Crippen molar-refractivity contribution in [3.05, 3.63) is 82.5 Å². The van der Waals surface area contributed by atoms with Gasteiger partial charge >= 0.3 is 0 Å². The zero-order chi connectivity index (χ0) is 18.5. The van der Waals surface area contributed by atoms with Crippen LogP contribution in [0, 0.1) is 11.3 Å². The maximum atomic E-state index is 11.4. The molecule has 0 saturated heterocycles. The van der Waals surface area contributed by atoms with Crippen LogP contribution in [0.3, 0.4) is 0 Å². The Bertz CT molecular complexity index is 1020. The van der Waals surface area contributed by atoms with Gasteiger partial charge in [-0.2, -0.15) is 10.4 Å². The summed E-state index contributed by atoms with van der Waals surface area (Å²) >= 11 is 6.23. The topological polar surface area (TPSA) is 84.7 Å². The molecule has 3 aromatic rings. The van der Waals surface area contributed by atoms with Crippen molar-refractivity contribution in [2.75, 3.05) is 0 Å². The average molecular weight is 363 g/mol. The van der Waals surface area contributed by atoms with Crippen molar-refractivity contribution < 1.29 is 4.79 Å². The average Bonchev–Trinajstić information content (AvgIpc) is 3.04. The van der Waals surface area contributed by atoms with Crippen LogP contribution >= 0.6 is 11.6 Å². The summed E-state index contributed by atoms with van der Waals surface area (Å²) in [6.07, 6.45) is 3.23. The molecule has 1 aromatic heterocycles. The van der Waals surface area contributed by atoms with E-state index in [1.54, 1.807) is 10.9 Å². The number of nitrogens with two attached hydrogens (primary N) is 1. The molecule has 3 rings (SSSR count). The predicted molar refractivity (Wildman–Crippen MR) is 101 cm³/mol. The number of amides is 1. The minimum atomic E-state index is -0.773. The second-order valence-corrected chi connectivity index (χ2v) is 6.03. The monoisotopic (exact) mass is 362 g/mol. The number of carbonyl (C=O) groups is 1. The lowest BCUT2D eigenvalue weighted by atomic mass is 10.1. The van der Waals surface area contributed by atoms with Crippen molar-refractivity contribution in [3.8, 4) is 17.3 Å². The number of nitrogens with zero attached hydrogens (tertiary/aromatic N) is 3. The predicted octanol–water partition coefficient (Wildman–Crippen LogP) is 3.64. The highest BCUT2D eigenvalue weighted by Gasteiger charge is 2.13. The molecule has 0 saturated carbocycles. The number of aromatic nitrogens is 2. The van der Waals surface area contributed by atoms with E-state index < -0.39 is 5.91 Å². The Morgan fingerprint density at radius 2 is 1.88 bits per heavy atom. The lowest BCUT2D eigenvalue weighted by Gasteiger charge is -2.04. The van der Waals surface area contributed by atoms with Gasteiger partial charge in [0.05, 0.1) is 12.2 Å². The lowest BCUT2D eigenvalue weighted by Crippen LogP contribution is -2.12. The van der Waals surface area contributed by atoms with Gasteiger partial charge in [-0.1, -0.05) is 60.1 Å². The van der Waals surface area contributed by atoms with Gasteiger partial charge in [0.15, 0.2) is 0 Å². The molecular formula is C20H15ClN4O. The molecule has 128 valence electrons. The Morgan fingerprint density at radius 3 is 2.54 bits per heavy atom. The van der Waals surface area contributed by atoms with Gasteiger partial charge in [-0.05, 0) is 17.7 Å². The highest BCUT2D eigenvalue weighted by atomic mass is 35.5. The molecule has 0 aliphatic heterocycles. The molecule has 1 heterocycles. The van der Waals surface area contributed by atoms with Gasteiger partial charge in [0, 0.05) is 22.3 Å². The number of hydrogen-bond acceptors (Lipinski definition) is 3. The minimum Gasteiger partial charge on any atom is -0.365 e. The van der Waals surface area contributed by atoms with E-state index in [1.165, 1.54) is 6.08 Å². The van der Waals surface area contributed by atoms with E-state index in [4.69, 9.17) is 22.6 Å². The van der Waals surface area contributed by atoms with Crippen LogP contribution in [-0.4, -0.2) is 15.7 Å². The van der Waals surface area contributed by atoms with Crippen molar-refractivity contribution in [1.82, 2.24) is 9.78 Å². The molecule has 0 bridgehead atoms. The highest BCUT2D eigenvalue weighted by molar-refractivity contribution is 6.31. The molecule has 1 amide bonds. The Balaban J connectivity index is 2.08. The van der Waals surface area contributed by atoms with Crippen LogP contribution in [0.4, 0.5) is 0 Å². The van der Waals surface area contributed by atoms with Gasteiger partial charge in [0.2, 0.25) is 0 Å². The largest absolute Gasteiger partial charge is 0.365 e. The Hall–Kier alpha value is -3.36. The standard InChI is InChI=1S/C20H15ClN4O/c21-18-9-5-4-8-15(18)12-25-13-17(10-16(11-22)20(23)26)19(24-25)14-6-2-1-3-7-14/h1-10,13H,12H2,(H2,23,26)/b16-10+. The Labute approximate surface area is 155 Å². The second-order valence-electron chi connectivity index (χ2n) is 5.62. The van der Waals surface area contributed by atoms with Crippen LogP contribution in [0.15, 0.2) is 66.4 Å². The summed E-state index contributed by atoms with van der Waals surface area (Å²) < 4.78 is 1.73. The minimum absolute atomic E-state index is 0.125. The second kappa shape index (κ2) is 7.68. The van der Waals surface area contributed by atoms with Crippen molar-refractivity contribution in [3.63, 3.8) is 0 Å². The first-order valence-corrected chi connectivity index (χ1v) is 8.24. The highest BCUT2D eigenvalue weighted by Crippen LogP contribution is 2.25. The third-order valence-electron chi connectivity index (χ3n) is 3.81. The summed E-state index contributed by atoms with van der Waals surface area (Å²) in [5, 5.41) is 14.4. The SMILES string of the molecule is N#C/C(=C\c1cn(Cc2ccccc2Cl)nc1-c1ccccc1)C(N)=O. The summed E-state index contributed by atoms with van der Waals surface area (Å²) in [6.45, 7) is 0.464. The maximum absolute atomic E-state index is 11.4. The summed E-state index contributed by atoms with van der Waals surface area (Å²) in [6, 6.07) is 18.9. The molecule has 6 heteroatoms.